The van der Waals surface area contributed by atoms with Crippen molar-refractivity contribution in [2.45, 2.75) is 71.6 Å². The second-order valence-electron chi connectivity index (χ2n) is 16.9. The molecule has 6 aromatic carbocycles. The van der Waals surface area contributed by atoms with Gasteiger partial charge in [-0.25, -0.2) is 0 Å². The van der Waals surface area contributed by atoms with Gasteiger partial charge in [-0.2, -0.15) is 0 Å². The molecule has 0 spiro atoms. The molecule has 1 saturated carbocycles. The quantitative estimate of drug-likeness (QED) is 0.179. The lowest BCUT2D eigenvalue weighted by Crippen LogP contribution is -2.24. The van der Waals surface area contributed by atoms with Crippen LogP contribution in [0.15, 0.2) is 140 Å². The summed E-state index contributed by atoms with van der Waals surface area (Å²) in [7, 11) is 0. The maximum absolute atomic E-state index is 2.54. The lowest BCUT2D eigenvalue weighted by atomic mass is 9.71. The van der Waals surface area contributed by atoms with Crippen molar-refractivity contribution >= 4 is 17.1 Å². The fourth-order valence-corrected chi connectivity index (χ4v) is 10.4. The van der Waals surface area contributed by atoms with Crippen LogP contribution in [-0.4, -0.2) is 0 Å². The van der Waals surface area contributed by atoms with Gasteiger partial charge in [-0.15, -0.1) is 0 Å². The van der Waals surface area contributed by atoms with E-state index in [1.807, 2.05) is 0 Å². The summed E-state index contributed by atoms with van der Waals surface area (Å²) in [6.07, 6.45) is 7.75. The van der Waals surface area contributed by atoms with Crippen molar-refractivity contribution in [2.24, 2.45) is 23.7 Å². The highest BCUT2D eigenvalue weighted by Crippen LogP contribution is 2.51. The van der Waals surface area contributed by atoms with E-state index in [2.05, 4.69) is 172 Å². The molecule has 0 heterocycles. The molecule has 1 heteroatoms. The van der Waals surface area contributed by atoms with E-state index >= 15 is 0 Å². The first-order chi connectivity index (χ1) is 25.3. The van der Waals surface area contributed by atoms with Crippen LogP contribution in [0.3, 0.4) is 0 Å². The average molecular weight is 678 g/mol. The van der Waals surface area contributed by atoms with Crippen molar-refractivity contribution in [3.63, 3.8) is 0 Å². The molecule has 9 rings (SSSR count). The molecule has 1 fully saturated rings. The molecule has 0 radical (unpaired) electrons. The molecular weight excluding hydrogens is 627 g/mol. The minimum atomic E-state index is -0.0739. The molecule has 4 atom stereocenters. The third-order valence-corrected chi connectivity index (χ3v) is 12.6. The molecule has 0 amide bonds. The summed E-state index contributed by atoms with van der Waals surface area (Å²) in [5.41, 5.74) is 17.4. The Balaban J connectivity index is 1.21. The number of benzene rings is 6. The fourth-order valence-electron chi connectivity index (χ4n) is 10.4. The number of fused-ring (bicyclic) bond motifs is 8. The molecule has 3 aliphatic carbocycles. The average Bonchev–Trinajstić information content (AvgIpc) is 3.37. The van der Waals surface area contributed by atoms with Gasteiger partial charge in [-0.1, -0.05) is 131 Å². The van der Waals surface area contributed by atoms with Crippen LogP contribution in [0, 0.1) is 23.7 Å². The maximum atomic E-state index is 2.54. The van der Waals surface area contributed by atoms with Gasteiger partial charge >= 0.3 is 0 Å². The van der Waals surface area contributed by atoms with Crippen LogP contribution in [0.4, 0.5) is 17.1 Å². The minimum Gasteiger partial charge on any atom is -0.310 e. The van der Waals surface area contributed by atoms with Crippen molar-refractivity contribution < 1.29 is 0 Å². The van der Waals surface area contributed by atoms with Crippen molar-refractivity contribution in [1.82, 2.24) is 0 Å². The van der Waals surface area contributed by atoms with Crippen LogP contribution in [-0.2, 0) is 18.3 Å². The normalized spacial score (nSPS) is 21.5. The van der Waals surface area contributed by atoms with Gasteiger partial charge < -0.3 is 4.90 Å². The van der Waals surface area contributed by atoms with E-state index in [-0.39, 0.29) is 5.41 Å². The Kier molecular flexibility index (Phi) is 8.42. The lowest BCUT2D eigenvalue weighted by molar-refractivity contribution is 0.181. The Hall–Kier alpha value is -4.88. The van der Waals surface area contributed by atoms with Crippen LogP contribution in [0.1, 0.15) is 75.6 Å². The first kappa shape index (κ1) is 33.0. The monoisotopic (exact) mass is 677 g/mol. The molecule has 0 unspecified atom stereocenters. The SMILES string of the molecule is C[C@H]1Cc2cc(N(c3cccc(-c4ccccc4)c3)c3ccc4c(c3)C(C)(C)c3ccccc3-4)ccc2-c2ccccc2C[C@H]2C[C@@H](C)C[C@@H](C1)C2. The van der Waals surface area contributed by atoms with Gasteiger partial charge in [0, 0.05) is 22.5 Å². The second-order valence-corrected chi connectivity index (χ2v) is 16.9. The number of rotatable bonds is 4. The zero-order valence-electron chi connectivity index (χ0n) is 31.3. The summed E-state index contributed by atoms with van der Waals surface area (Å²) in [5.74, 6) is 3.06. The molecule has 52 heavy (non-hydrogen) atoms. The van der Waals surface area contributed by atoms with Crippen LogP contribution in [0.5, 0.6) is 0 Å². The molecular formula is C51H51N. The third kappa shape index (κ3) is 5.99. The zero-order chi connectivity index (χ0) is 35.4. The van der Waals surface area contributed by atoms with Gasteiger partial charge in [0.2, 0.25) is 0 Å². The predicted octanol–water partition coefficient (Wildman–Crippen LogP) is 14.0. The van der Waals surface area contributed by atoms with E-state index in [0.717, 1.165) is 24.2 Å². The summed E-state index contributed by atoms with van der Waals surface area (Å²) >= 11 is 0. The molecule has 3 aliphatic rings. The van der Waals surface area contributed by atoms with E-state index in [4.69, 9.17) is 0 Å². The van der Waals surface area contributed by atoms with Gasteiger partial charge in [0.25, 0.3) is 0 Å². The highest BCUT2D eigenvalue weighted by molar-refractivity contribution is 5.87. The van der Waals surface area contributed by atoms with Gasteiger partial charge in [0.05, 0.1) is 0 Å². The Morgan fingerprint density at radius 1 is 0.442 bits per heavy atom. The van der Waals surface area contributed by atoms with E-state index in [9.17, 15) is 0 Å². The summed E-state index contributed by atoms with van der Waals surface area (Å²) in [6.45, 7) is 9.78. The van der Waals surface area contributed by atoms with Crippen molar-refractivity contribution in [1.29, 1.82) is 0 Å². The second kappa shape index (κ2) is 13.3. The first-order valence-electron chi connectivity index (χ1n) is 19.7. The van der Waals surface area contributed by atoms with E-state index in [1.54, 1.807) is 0 Å². The van der Waals surface area contributed by atoms with Gasteiger partial charge in [-0.05, 0) is 154 Å². The topological polar surface area (TPSA) is 3.24 Å². The number of hydrogen-bond acceptors (Lipinski definition) is 1. The van der Waals surface area contributed by atoms with Crippen LogP contribution >= 0.6 is 0 Å². The molecule has 260 valence electrons. The minimum absolute atomic E-state index is 0.0739. The molecule has 0 saturated heterocycles. The zero-order valence-corrected chi connectivity index (χ0v) is 31.3. The van der Waals surface area contributed by atoms with Gasteiger partial charge in [0.1, 0.15) is 0 Å². The standard InChI is InChI=1S/C51H51N/c1-34-25-36-27-35(2)28-41-32-43(21-23-46(41)45-18-9-8-15-40(45)30-37(26-34)29-36)52(42-17-12-16-39(31-42)38-13-6-5-7-14-38)44-22-24-48-47-19-10-11-20-49(47)51(3,4)50(48)33-44/h5-24,31-37H,25-30H2,1-4H3/t34-,35+,36-,37-/m0/s1. The molecule has 0 aromatic heterocycles. The van der Waals surface area contributed by atoms with Crippen molar-refractivity contribution in [3.05, 3.63) is 162 Å². The molecule has 6 aromatic rings. The van der Waals surface area contributed by atoms with E-state index < -0.39 is 0 Å². The fraction of sp³-hybridized carbons (Fsp3) is 0.294. The Morgan fingerprint density at radius 2 is 1.06 bits per heavy atom. The van der Waals surface area contributed by atoms with Crippen LogP contribution in [0.2, 0.25) is 0 Å². The highest BCUT2D eigenvalue weighted by atomic mass is 15.1. The van der Waals surface area contributed by atoms with Crippen molar-refractivity contribution in [2.75, 3.05) is 4.90 Å². The number of nitrogens with zero attached hydrogens (tertiary/aromatic N) is 1. The third-order valence-electron chi connectivity index (χ3n) is 12.6. The summed E-state index contributed by atoms with van der Waals surface area (Å²) in [6, 6.07) is 52.8. The molecule has 0 N–H and O–H groups in total. The Morgan fingerprint density at radius 3 is 1.90 bits per heavy atom. The molecule has 2 bridgehead atoms. The maximum Gasteiger partial charge on any atom is 0.0467 e. The largest absolute Gasteiger partial charge is 0.310 e. The highest BCUT2D eigenvalue weighted by Gasteiger charge is 2.36. The summed E-state index contributed by atoms with van der Waals surface area (Å²) in [5, 5.41) is 0. The van der Waals surface area contributed by atoms with Crippen molar-refractivity contribution in [3.8, 4) is 33.4 Å². The first-order valence-corrected chi connectivity index (χ1v) is 19.7. The summed E-state index contributed by atoms with van der Waals surface area (Å²) in [4.78, 5) is 2.52. The Bertz CT molecular complexity index is 2240. The van der Waals surface area contributed by atoms with Crippen LogP contribution < -0.4 is 4.90 Å². The smallest absolute Gasteiger partial charge is 0.0467 e. The molecule has 1 nitrogen and oxygen atoms in total. The van der Waals surface area contributed by atoms with Gasteiger partial charge in [0.15, 0.2) is 0 Å². The summed E-state index contributed by atoms with van der Waals surface area (Å²) < 4.78 is 0. The Labute approximate surface area is 311 Å². The number of hydrogen-bond donors (Lipinski definition) is 0. The molecule has 0 aliphatic heterocycles. The predicted molar refractivity (Wildman–Crippen MR) is 221 cm³/mol. The lowest BCUT2D eigenvalue weighted by Gasteiger charge is -2.34. The van der Waals surface area contributed by atoms with E-state index in [0.29, 0.717) is 5.92 Å². The van der Waals surface area contributed by atoms with E-state index in [1.165, 1.54) is 105 Å². The van der Waals surface area contributed by atoms with Crippen LogP contribution in [0.25, 0.3) is 33.4 Å². The van der Waals surface area contributed by atoms with Gasteiger partial charge in [-0.3, -0.25) is 0 Å². The number of anilines is 3.